The first-order chi connectivity index (χ1) is 10.2. The lowest BCUT2D eigenvalue weighted by molar-refractivity contribution is -0.134. The van der Waals surface area contributed by atoms with E-state index >= 15 is 0 Å². The van der Waals surface area contributed by atoms with Gasteiger partial charge in [-0.25, -0.2) is 4.39 Å². The Morgan fingerprint density at radius 2 is 1.90 bits per heavy atom. The topological polar surface area (TPSA) is 32.3 Å². The van der Waals surface area contributed by atoms with Crippen LogP contribution in [0, 0.1) is 5.82 Å². The molecule has 0 radical (unpaired) electrons. The Bertz CT molecular complexity index is 441. The van der Waals surface area contributed by atoms with Crippen LogP contribution in [0.4, 0.5) is 4.39 Å². The molecule has 1 N–H and O–H groups in total. The zero-order chi connectivity index (χ0) is 15.1. The van der Waals surface area contributed by atoms with Gasteiger partial charge in [-0.05, 0) is 37.6 Å². The highest BCUT2D eigenvalue weighted by Gasteiger charge is 2.25. The molecule has 2 rings (SSSR count). The predicted molar refractivity (Wildman–Crippen MR) is 82.4 cm³/mol. The molecule has 0 atom stereocenters. The summed E-state index contributed by atoms with van der Waals surface area (Å²) in [5.41, 5.74) is 1.000. The van der Waals surface area contributed by atoms with Crippen molar-refractivity contribution in [3.8, 4) is 0 Å². The summed E-state index contributed by atoms with van der Waals surface area (Å²) in [4.78, 5) is 14.5. The van der Waals surface area contributed by atoms with Gasteiger partial charge in [0.1, 0.15) is 5.82 Å². The molecule has 0 bridgehead atoms. The fraction of sp³-hybridized carbons (Fsp3) is 0.588. The second-order valence-electron chi connectivity index (χ2n) is 5.79. The Hall–Kier alpha value is -1.42. The minimum absolute atomic E-state index is 0.195. The maximum atomic E-state index is 13.0. The van der Waals surface area contributed by atoms with Crippen molar-refractivity contribution in [1.82, 2.24) is 10.2 Å². The highest BCUT2D eigenvalue weighted by Crippen LogP contribution is 2.24. The first-order valence-electron chi connectivity index (χ1n) is 7.89. The van der Waals surface area contributed by atoms with Gasteiger partial charge in [-0.1, -0.05) is 31.4 Å². The molecule has 1 fully saturated rings. The van der Waals surface area contributed by atoms with Gasteiger partial charge in [0.05, 0.1) is 0 Å². The average Bonchev–Trinajstić information content (AvgIpc) is 2.53. The third kappa shape index (κ3) is 4.81. The quantitative estimate of drug-likeness (QED) is 0.874. The molecule has 1 aliphatic rings. The number of carbonyl (C=O) groups is 1. The molecule has 1 aromatic rings. The lowest BCUT2D eigenvalue weighted by Gasteiger charge is -2.34. The van der Waals surface area contributed by atoms with E-state index in [-0.39, 0.29) is 11.7 Å². The molecule has 0 unspecified atom stereocenters. The molecule has 4 heteroatoms. The second kappa shape index (κ2) is 8.13. The number of amides is 1. The predicted octanol–water partition coefficient (Wildman–Crippen LogP) is 3.10. The van der Waals surface area contributed by atoms with E-state index in [0.717, 1.165) is 18.4 Å². The molecule has 1 aromatic carbocycles. The number of halogens is 1. The summed E-state index contributed by atoms with van der Waals surface area (Å²) in [7, 11) is 1.86. The molecule has 1 aliphatic carbocycles. The molecular weight excluding hydrogens is 267 g/mol. The Morgan fingerprint density at radius 1 is 1.24 bits per heavy atom. The minimum atomic E-state index is -0.232. The van der Waals surface area contributed by atoms with Crippen molar-refractivity contribution in [3.05, 3.63) is 35.6 Å². The normalized spacial score (nSPS) is 15.9. The smallest absolute Gasteiger partial charge is 0.224 e. The van der Waals surface area contributed by atoms with E-state index in [1.807, 2.05) is 11.9 Å². The summed E-state index contributed by atoms with van der Waals surface area (Å²) in [6.45, 7) is 1.29. The Kier molecular flexibility index (Phi) is 6.18. The number of hydrogen-bond donors (Lipinski definition) is 1. The maximum Gasteiger partial charge on any atom is 0.224 e. The molecular formula is C17H25FN2O. The van der Waals surface area contributed by atoms with Gasteiger partial charge in [-0.3, -0.25) is 4.79 Å². The van der Waals surface area contributed by atoms with Gasteiger partial charge in [0, 0.05) is 25.6 Å². The van der Waals surface area contributed by atoms with Gasteiger partial charge in [0.25, 0.3) is 0 Å². The molecule has 0 saturated heterocycles. The molecule has 1 saturated carbocycles. The summed E-state index contributed by atoms with van der Waals surface area (Å²) in [5.74, 6) is -0.0370. The first kappa shape index (κ1) is 16.0. The number of nitrogens with one attached hydrogen (secondary N) is 1. The zero-order valence-electron chi connectivity index (χ0n) is 12.8. The Morgan fingerprint density at radius 3 is 2.52 bits per heavy atom. The van der Waals surface area contributed by atoms with Gasteiger partial charge in [-0.2, -0.15) is 0 Å². The number of rotatable bonds is 6. The van der Waals surface area contributed by atoms with Crippen molar-refractivity contribution < 1.29 is 9.18 Å². The van der Waals surface area contributed by atoms with Gasteiger partial charge >= 0.3 is 0 Å². The maximum absolute atomic E-state index is 13.0. The Balaban J connectivity index is 2.06. The van der Waals surface area contributed by atoms with E-state index in [1.165, 1.54) is 31.4 Å². The average molecular weight is 292 g/mol. The van der Waals surface area contributed by atoms with Crippen LogP contribution in [-0.2, 0) is 11.3 Å². The molecule has 116 valence electrons. The van der Waals surface area contributed by atoms with Crippen LogP contribution < -0.4 is 5.32 Å². The second-order valence-corrected chi connectivity index (χ2v) is 5.79. The monoisotopic (exact) mass is 292 g/mol. The van der Waals surface area contributed by atoms with E-state index in [0.29, 0.717) is 25.6 Å². The van der Waals surface area contributed by atoms with Crippen molar-refractivity contribution in [2.75, 3.05) is 13.6 Å². The number of benzene rings is 1. The van der Waals surface area contributed by atoms with Crippen molar-refractivity contribution >= 4 is 5.91 Å². The van der Waals surface area contributed by atoms with Crippen LogP contribution in [0.5, 0.6) is 0 Å². The molecule has 0 aliphatic heterocycles. The first-order valence-corrected chi connectivity index (χ1v) is 7.89. The third-order valence-electron chi connectivity index (χ3n) is 4.19. The standard InChI is InChI=1S/C17H25FN2O/c1-19-12-11-17(21)20(16-5-3-2-4-6-16)13-14-7-9-15(18)10-8-14/h7-10,16,19H,2-6,11-13H2,1H3. The van der Waals surface area contributed by atoms with Crippen LogP contribution in [0.2, 0.25) is 0 Å². The number of hydrogen-bond acceptors (Lipinski definition) is 2. The highest BCUT2D eigenvalue weighted by atomic mass is 19.1. The molecule has 1 amide bonds. The van der Waals surface area contributed by atoms with Gasteiger partial charge in [-0.15, -0.1) is 0 Å². The van der Waals surface area contributed by atoms with Gasteiger partial charge in [0.15, 0.2) is 0 Å². The van der Waals surface area contributed by atoms with Crippen LogP contribution in [0.1, 0.15) is 44.1 Å². The third-order valence-corrected chi connectivity index (χ3v) is 4.19. The summed E-state index contributed by atoms with van der Waals surface area (Å²) in [6, 6.07) is 6.82. The van der Waals surface area contributed by atoms with Gasteiger partial charge < -0.3 is 10.2 Å². The van der Waals surface area contributed by atoms with Crippen molar-refractivity contribution in [3.63, 3.8) is 0 Å². The van der Waals surface area contributed by atoms with E-state index in [2.05, 4.69) is 5.32 Å². The van der Waals surface area contributed by atoms with Crippen LogP contribution in [-0.4, -0.2) is 30.4 Å². The molecule has 0 spiro atoms. The highest BCUT2D eigenvalue weighted by molar-refractivity contribution is 5.76. The summed E-state index contributed by atoms with van der Waals surface area (Å²) in [6.07, 6.45) is 6.37. The van der Waals surface area contributed by atoms with E-state index in [4.69, 9.17) is 0 Å². The largest absolute Gasteiger partial charge is 0.335 e. The van der Waals surface area contributed by atoms with Crippen LogP contribution in [0.25, 0.3) is 0 Å². The van der Waals surface area contributed by atoms with Crippen LogP contribution in [0.15, 0.2) is 24.3 Å². The number of carbonyl (C=O) groups excluding carboxylic acids is 1. The van der Waals surface area contributed by atoms with Crippen LogP contribution in [0.3, 0.4) is 0 Å². The summed E-state index contributed by atoms with van der Waals surface area (Å²) in [5, 5.41) is 3.03. The molecule has 0 aromatic heterocycles. The summed E-state index contributed by atoms with van der Waals surface area (Å²) >= 11 is 0. The van der Waals surface area contributed by atoms with Crippen molar-refractivity contribution in [2.24, 2.45) is 0 Å². The lowest BCUT2D eigenvalue weighted by Crippen LogP contribution is -2.41. The van der Waals surface area contributed by atoms with Crippen LogP contribution >= 0.6 is 0 Å². The van der Waals surface area contributed by atoms with Crippen molar-refractivity contribution in [2.45, 2.75) is 51.1 Å². The molecule has 0 heterocycles. The fourth-order valence-corrected chi connectivity index (χ4v) is 2.98. The molecule has 21 heavy (non-hydrogen) atoms. The number of nitrogens with zero attached hydrogens (tertiary/aromatic N) is 1. The van der Waals surface area contributed by atoms with E-state index in [9.17, 15) is 9.18 Å². The SMILES string of the molecule is CNCCC(=O)N(Cc1ccc(F)cc1)C1CCCCC1. The fourth-order valence-electron chi connectivity index (χ4n) is 2.98. The Labute approximate surface area is 126 Å². The zero-order valence-corrected chi connectivity index (χ0v) is 12.8. The van der Waals surface area contributed by atoms with E-state index < -0.39 is 0 Å². The molecule has 3 nitrogen and oxygen atoms in total. The summed E-state index contributed by atoms with van der Waals surface area (Å²) < 4.78 is 13.0. The lowest BCUT2D eigenvalue weighted by atomic mass is 9.93. The minimum Gasteiger partial charge on any atom is -0.335 e. The van der Waals surface area contributed by atoms with Crippen molar-refractivity contribution in [1.29, 1.82) is 0 Å². The van der Waals surface area contributed by atoms with Gasteiger partial charge in [0.2, 0.25) is 5.91 Å². The van der Waals surface area contributed by atoms with E-state index in [1.54, 1.807) is 12.1 Å².